The van der Waals surface area contributed by atoms with Crippen LogP contribution in [0.1, 0.15) is 37.3 Å². The third-order valence-electron chi connectivity index (χ3n) is 2.61. The first-order valence-electron chi connectivity index (χ1n) is 6.10. The molecule has 0 fully saturated rings. The molecule has 0 radical (unpaired) electrons. The molecular formula is C14H20O3. The summed E-state index contributed by atoms with van der Waals surface area (Å²) in [5.41, 5.74) is 2.17. The zero-order valence-corrected chi connectivity index (χ0v) is 10.3. The van der Waals surface area contributed by atoms with Crippen LogP contribution in [0.3, 0.4) is 0 Å². The molecule has 0 unspecified atom stereocenters. The molecule has 3 heteroatoms. The highest BCUT2D eigenvalue weighted by atomic mass is 16.5. The van der Waals surface area contributed by atoms with E-state index >= 15 is 0 Å². The number of aliphatic hydroxyl groups excluding tert-OH is 1. The van der Waals surface area contributed by atoms with Gasteiger partial charge in [0, 0.05) is 6.42 Å². The molecule has 3 nitrogen and oxygen atoms in total. The Morgan fingerprint density at radius 3 is 2.41 bits per heavy atom. The van der Waals surface area contributed by atoms with Crippen LogP contribution in [-0.4, -0.2) is 17.7 Å². The number of rotatable bonds is 7. The number of aliphatic hydroxyl groups is 1. The number of hydrogen-bond acceptors (Lipinski definition) is 3. The Labute approximate surface area is 102 Å². The smallest absolute Gasteiger partial charge is 0.305 e. The number of carbonyl (C=O) groups excluding carboxylic acids is 1. The summed E-state index contributed by atoms with van der Waals surface area (Å²) in [6.45, 7) is 2.37. The van der Waals surface area contributed by atoms with Crippen molar-refractivity contribution in [3.63, 3.8) is 0 Å². The van der Waals surface area contributed by atoms with Crippen LogP contribution in [0.5, 0.6) is 0 Å². The van der Waals surface area contributed by atoms with Crippen LogP contribution in [0, 0.1) is 0 Å². The van der Waals surface area contributed by atoms with Gasteiger partial charge in [-0.2, -0.15) is 0 Å². The Balaban J connectivity index is 2.19. The van der Waals surface area contributed by atoms with Crippen molar-refractivity contribution in [3.05, 3.63) is 35.4 Å². The van der Waals surface area contributed by atoms with Gasteiger partial charge in [0.15, 0.2) is 0 Å². The van der Waals surface area contributed by atoms with Crippen molar-refractivity contribution in [3.8, 4) is 0 Å². The summed E-state index contributed by atoms with van der Waals surface area (Å²) in [5.74, 6) is -0.108. The van der Waals surface area contributed by atoms with Crippen LogP contribution in [0.15, 0.2) is 24.3 Å². The molecule has 0 heterocycles. The monoisotopic (exact) mass is 236 g/mol. The van der Waals surface area contributed by atoms with E-state index in [-0.39, 0.29) is 12.6 Å². The van der Waals surface area contributed by atoms with Gasteiger partial charge in [0.05, 0.1) is 13.2 Å². The standard InChI is InChI=1S/C14H20O3/c1-2-17-14(16)6-4-3-5-12-7-9-13(11-15)10-8-12/h7-10,15H,2-6,11H2,1H3. The third-order valence-corrected chi connectivity index (χ3v) is 2.61. The van der Waals surface area contributed by atoms with Crippen molar-refractivity contribution in [2.45, 2.75) is 39.2 Å². The van der Waals surface area contributed by atoms with E-state index < -0.39 is 0 Å². The molecule has 1 aromatic carbocycles. The lowest BCUT2D eigenvalue weighted by atomic mass is 10.1. The molecule has 0 saturated carbocycles. The quantitative estimate of drug-likeness (QED) is 0.584. The molecule has 0 aromatic heterocycles. The maximum atomic E-state index is 11.1. The largest absolute Gasteiger partial charge is 0.466 e. The first-order valence-corrected chi connectivity index (χ1v) is 6.10. The average Bonchev–Trinajstić information content (AvgIpc) is 2.36. The van der Waals surface area contributed by atoms with Crippen molar-refractivity contribution < 1.29 is 14.6 Å². The minimum Gasteiger partial charge on any atom is -0.466 e. The van der Waals surface area contributed by atoms with Gasteiger partial charge in [-0.15, -0.1) is 0 Å². The lowest BCUT2D eigenvalue weighted by Gasteiger charge is -2.03. The number of benzene rings is 1. The van der Waals surface area contributed by atoms with Crippen molar-refractivity contribution in [2.75, 3.05) is 6.61 Å². The van der Waals surface area contributed by atoms with Gasteiger partial charge < -0.3 is 9.84 Å². The molecule has 1 N–H and O–H groups in total. The van der Waals surface area contributed by atoms with E-state index in [1.807, 2.05) is 31.2 Å². The molecule has 0 saturated heterocycles. The number of unbranched alkanes of at least 4 members (excludes halogenated alkanes) is 1. The van der Waals surface area contributed by atoms with Crippen LogP contribution in [0.4, 0.5) is 0 Å². The van der Waals surface area contributed by atoms with E-state index in [1.165, 1.54) is 5.56 Å². The Morgan fingerprint density at radius 2 is 1.82 bits per heavy atom. The summed E-state index contributed by atoms with van der Waals surface area (Å²) in [4.78, 5) is 11.1. The van der Waals surface area contributed by atoms with Crippen LogP contribution in [0.2, 0.25) is 0 Å². The zero-order chi connectivity index (χ0) is 12.5. The molecular weight excluding hydrogens is 216 g/mol. The summed E-state index contributed by atoms with van der Waals surface area (Å²) in [7, 11) is 0. The van der Waals surface area contributed by atoms with E-state index in [4.69, 9.17) is 9.84 Å². The molecule has 0 bridgehead atoms. The Morgan fingerprint density at radius 1 is 1.18 bits per heavy atom. The van der Waals surface area contributed by atoms with Gasteiger partial charge in [-0.25, -0.2) is 0 Å². The van der Waals surface area contributed by atoms with Crippen LogP contribution in [0.25, 0.3) is 0 Å². The summed E-state index contributed by atoms with van der Waals surface area (Å²) in [5, 5.41) is 8.90. The minimum atomic E-state index is -0.108. The SMILES string of the molecule is CCOC(=O)CCCCc1ccc(CO)cc1. The zero-order valence-electron chi connectivity index (χ0n) is 10.3. The molecule has 0 aliphatic carbocycles. The molecule has 0 atom stereocenters. The lowest BCUT2D eigenvalue weighted by molar-refractivity contribution is -0.143. The van der Waals surface area contributed by atoms with Crippen molar-refractivity contribution in [1.82, 2.24) is 0 Å². The van der Waals surface area contributed by atoms with Crippen LogP contribution < -0.4 is 0 Å². The van der Waals surface area contributed by atoms with Gasteiger partial charge in [-0.3, -0.25) is 4.79 Å². The fourth-order valence-corrected chi connectivity index (χ4v) is 1.64. The maximum Gasteiger partial charge on any atom is 0.305 e. The van der Waals surface area contributed by atoms with Crippen molar-refractivity contribution in [1.29, 1.82) is 0 Å². The fourth-order valence-electron chi connectivity index (χ4n) is 1.64. The second-order valence-corrected chi connectivity index (χ2v) is 3.99. The van der Waals surface area contributed by atoms with Crippen LogP contribution >= 0.6 is 0 Å². The summed E-state index contributed by atoms with van der Waals surface area (Å²) < 4.78 is 4.86. The molecule has 1 rings (SSSR count). The molecule has 94 valence electrons. The number of carbonyl (C=O) groups is 1. The van der Waals surface area contributed by atoms with E-state index in [0.717, 1.165) is 24.8 Å². The summed E-state index contributed by atoms with van der Waals surface area (Å²) in [6, 6.07) is 7.91. The van der Waals surface area contributed by atoms with Gasteiger partial charge in [0.25, 0.3) is 0 Å². The predicted octanol–water partition coefficient (Wildman–Crippen LogP) is 2.45. The van der Waals surface area contributed by atoms with E-state index in [0.29, 0.717) is 13.0 Å². The molecule has 0 spiro atoms. The van der Waals surface area contributed by atoms with E-state index in [1.54, 1.807) is 0 Å². The summed E-state index contributed by atoms with van der Waals surface area (Å²) in [6.07, 6.45) is 3.31. The van der Waals surface area contributed by atoms with Gasteiger partial charge >= 0.3 is 5.97 Å². The topological polar surface area (TPSA) is 46.5 Å². The molecule has 0 aliphatic rings. The first kappa shape index (κ1) is 13.7. The lowest BCUT2D eigenvalue weighted by Crippen LogP contribution is -2.03. The second-order valence-electron chi connectivity index (χ2n) is 3.99. The number of aryl methyl sites for hydroxylation is 1. The van der Waals surface area contributed by atoms with E-state index in [2.05, 4.69) is 0 Å². The highest BCUT2D eigenvalue weighted by molar-refractivity contribution is 5.69. The average molecular weight is 236 g/mol. The van der Waals surface area contributed by atoms with Crippen LogP contribution in [-0.2, 0) is 22.6 Å². The van der Waals surface area contributed by atoms with Crippen molar-refractivity contribution >= 4 is 5.97 Å². The number of hydrogen-bond donors (Lipinski definition) is 1. The highest BCUT2D eigenvalue weighted by Crippen LogP contribution is 2.09. The van der Waals surface area contributed by atoms with Gasteiger partial charge in [-0.1, -0.05) is 24.3 Å². The molecule has 1 aromatic rings. The Hall–Kier alpha value is -1.35. The maximum absolute atomic E-state index is 11.1. The summed E-state index contributed by atoms with van der Waals surface area (Å²) >= 11 is 0. The highest BCUT2D eigenvalue weighted by Gasteiger charge is 2.01. The number of esters is 1. The molecule has 0 amide bonds. The van der Waals surface area contributed by atoms with Gasteiger partial charge in [0.2, 0.25) is 0 Å². The normalized spacial score (nSPS) is 10.2. The molecule has 17 heavy (non-hydrogen) atoms. The second kappa shape index (κ2) is 7.85. The first-order chi connectivity index (χ1) is 8.26. The number of ether oxygens (including phenoxy) is 1. The Bertz CT molecular complexity index is 330. The minimum absolute atomic E-state index is 0.0864. The van der Waals surface area contributed by atoms with E-state index in [9.17, 15) is 4.79 Å². The predicted molar refractivity (Wildman–Crippen MR) is 66.6 cm³/mol. The fraction of sp³-hybridized carbons (Fsp3) is 0.500. The Kier molecular flexibility index (Phi) is 6.33. The third kappa shape index (κ3) is 5.50. The van der Waals surface area contributed by atoms with Gasteiger partial charge in [-0.05, 0) is 37.3 Å². The van der Waals surface area contributed by atoms with Gasteiger partial charge in [0.1, 0.15) is 0 Å². The molecule has 0 aliphatic heterocycles. The van der Waals surface area contributed by atoms with Crippen molar-refractivity contribution in [2.24, 2.45) is 0 Å².